The number of benzene rings is 1. The lowest BCUT2D eigenvalue weighted by molar-refractivity contribution is 0.0966. The molecule has 6 heteroatoms. The number of hydrogen-bond acceptors (Lipinski definition) is 4. The predicted octanol–water partition coefficient (Wildman–Crippen LogP) is 2.22. The van der Waals surface area contributed by atoms with E-state index in [0.717, 1.165) is 66.0 Å². The molecule has 0 unspecified atom stereocenters. The summed E-state index contributed by atoms with van der Waals surface area (Å²) in [4.78, 5) is 24.6. The summed E-state index contributed by atoms with van der Waals surface area (Å²) >= 11 is 0. The molecule has 2 aromatic heterocycles. The molecule has 1 amide bonds. The average Bonchev–Trinajstić information content (AvgIpc) is 3.27. The number of nitrogens with zero attached hydrogens (tertiary/aromatic N) is 3. The van der Waals surface area contributed by atoms with Crippen molar-refractivity contribution >= 4 is 16.9 Å². The van der Waals surface area contributed by atoms with Crippen LogP contribution in [0, 0.1) is 0 Å². The second kappa shape index (κ2) is 6.48. The van der Waals surface area contributed by atoms with Gasteiger partial charge in [-0.25, -0.2) is 4.98 Å². The highest BCUT2D eigenvalue weighted by Gasteiger charge is 2.20. The predicted molar refractivity (Wildman–Crippen MR) is 105 cm³/mol. The van der Waals surface area contributed by atoms with E-state index in [4.69, 9.17) is 0 Å². The van der Waals surface area contributed by atoms with Gasteiger partial charge in [0.1, 0.15) is 5.65 Å². The lowest BCUT2D eigenvalue weighted by Gasteiger charge is -2.32. The van der Waals surface area contributed by atoms with E-state index in [1.807, 2.05) is 24.5 Å². The van der Waals surface area contributed by atoms with Crippen LogP contribution in [0.5, 0.6) is 0 Å². The topological polar surface area (TPSA) is 64.3 Å². The molecule has 5 rings (SSSR count). The summed E-state index contributed by atoms with van der Waals surface area (Å²) in [7, 11) is 2.18. The van der Waals surface area contributed by atoms with Crippen molar-refractivity contribution < 1.29 is 4.79 Å². The van der Waals surface area contributed by atoms with Crippen LogP contribution in [0.1, 0.15) is 21.5 Å². The van der Waals surface area contributed by atoms with Crippen LogP contribution in [0.4, 0.5) is 0 Å². The summed E-state index contributed by atoms with van der Waals surface area (Å²) in [5.74, 6) is 0.0200. The van der Waals surface area contributed by atoms with Crippen molar-refractivity contribution in [3.63, 3.8) is 0 Å². The summed E-state index contributed by atoms with van der Waals surface area (Å²) < 4.78 is 0. The SMILES string of the molecule is CN1CCN(Cc2cnc3[nH]cc(-c4ccc5c(c4)CNC5=O)c3c2)CC1. The minimum absolute atomic E-state index is 0.0200. The lowest BCUT2D eigenvalue weighted by atomic mass is 10.00. The number of nitrogens with one attached hydrogen (secondary N) is 2. The number of hydrogen-bond donors (Lipinski definition) is 2. The van der Waals surface area contributed by atoms with E-state index in [-0.39, 0.29) is 5.91 Å². The maximum atomic E-state index is 11.8. The van der Waals surface area contributed by atoms with Crippen LogP contribution < -0.4 is 5.32 Å². The standard InChI is InChI=1S/C21H23N5O/c1-25-4-6-26(7-5-25)13-14-8-18-19(12-23-20(18)22-10-14)15-2-3-17-16(9-15)11-24-21(17)27/h2-3,8-10,12H,4-7,11,13H2,1H3,(H,22,23)(H,24,27). The third kappa shape index (κ3) is 3.01. The second-order valence-electron chi connectivity index (χ2n) is 7.58. The van der Waals surface area contributed by atoms with Gasteiger partial charge in [-0.15, -0.1) is 0 Å². The third-order valence-corrected chi connectivity index (χ3v) is 5.69. The summed E-state index contributed by atoms with van der Waals surface area (Å²) in [5.41, 5.74) is 6.25. The number of pyridine rings is 1. The number of piperazine rings is 1. The first-order chi connectivity index (χ1) is 13.2. The molecule has 1 fully saturated rings. The quantitative estimate of drug-likeness (QED) is 0.751. The Morgan fingerprint density at radius 3 is 2.81 bits per heavy atom. The smallest absolute Gasteiger partial charge is 0.251 e. The van der Waals surface area contributed by atoms with Crippen LogP contribution in [0.25, 0.3) is 22.2 Å². The molecule has 2 aliphatic heterocycles. The maximum Gasteiger partial charge on any atom is 0.251 e. The molecule has 1 saturated heterocycles. The minimum Gasteiger partial charge on any atom is -0.348 e. The molecule has 4 heterocycles. The Bertz CT molecular complexity index is 1020. The van der Waals surface area contributed by atoms with Crippen LogP contribution in [-0.4, -0.2) is 58.9 Å². The van der Waals surface area contributed by atoms with Gasteiger partial charge in [0.05, 0.1) is 0 Å². The highest BCUT2D eigenvalue weighted by Crippen LogP contribution is 2.31. The molecule has 138 valence electrons. The van der Waals surface area contributed by atoms with Crippen molar-refractivity contribution in [2.45, 2.75) is 13.1 Å². The van der Waals surface area contributed by atoms with Gasteiger partial charge in [0.15, 0.2) is 0 Å². The average molecular weight is 361 g/mol. The zero-order valence-corrected chi connectivity index (χ0v) is 15.5. The van der Waals surface area contributed by atoms with Crippen LogP contribution in [-0.2, 0) is 13.1 Å². The normalized spacial score (nSPS) is 18.0. The van der Waals surface area contributed by atoms with Crippen molar-refractivity contribution in [3.8, 4) is 11.1 Å². The molecule has 0 atom stereocenters. The third-order valence-electron chi connectivity index (χ3n) is 5.69. The van der Waals surface area contributed by atoms with E-state index >= 15 is 0 Å². The summed E-state index contributed by atoms with van der Waals surface area (Å²) in [5, 5.41) is 4.02. The number of carbonyl (C=O) groups is 1. The first kappa shape index (κ1) is 16.5. The van der Waals surface area contributed by atoms with Gasteiger partial charge in [0, 0.05) is 68.2 Å². The minimum atomic E-state index is 0.0200. The molecule has 0 aliphatic carbocycles. The number of H-pyrrole nitrogens is 1. The number of amides is 1. The molecular weight excluding hydrogens is 338 g/mol. The molecule has 2 N–H and O–H groups in total. The van der Waals surface area contributed by atoms with Gasteiger partial charge in [0.25, 0.3) is 5.91 Å². The molecule has 27 heavy (non-hydrogen) atoms. The molecule has 0 saturated carbocycles. The Morgan fingerprint density at radius 2 is 1.96 bits per heavy atom. The van der Waals surface area contributed by atoms with E-state index < -0.39 is 0 Å². The van der Waals surface area contributed by atoms with Crippen LogP contribution in [0.3, 0.4) is 0 Å². The molecular formula is C21H23N5O. The number of carbonyl (C=O) groups excluding carboxylic acids is 1. The summed E-state index contributed by atoms with van der Waals surface area (Å²) in [6.07, 6.45) is 4.00. The Labute approximate surface area is 158 Å². The molecule has 1 aromatic carbocycles. The van der Waals surface area contributed by atoms with Crippen LogP contribution in [0.2, 0.25) is 0 Å². The fourth-order valence-corrected chi connectivity index (χ4v) is 4.04. The van der Waals surface area contributed by atoms with Gasteiger partial charge in [0.2, 0.25) is 0 Å². The Balaban J connectivity index is 1.46. The number of aromatic amines is 1. The Hall–Kier alpha value is -2.70. The second-order valence-corrected chi connectivity index (χ2v) is 7.58. The molecule has 3 aromatic rings. The largest absolute Gasteiger partial charge is 0.348 e. The summed E-state index contributed by atoms with van der Waals surface area (Å²) in [6.45, 7) is 5.97. The highest BCUT2D eigenvalue weighted by molar-refractivity contribution is 6.00. The lowest BCUT2D eigenvalue weighted by Crippen LogP contribution is -2.43. The van der Waals surface area contributed by atoms with Gasteiger partial charge in [-0.3, -0.25) is 9.69 Å². The van der Waals surface area contributed by atoms with E-state index in [9.17, 15) is 4.79 Å². The number of rotatable bonds is 3. The molecule has 0 radical (unpaired) electrons. The first-order valence-corrected chi connectivity index (χ1v) is 9.46. The number of likely N-dealkylation sites (N-methyl/N-ethyl adjacent to an activating group) is 1. The van der Waals surface area contributed by atoms with Crippen molar-refractivity contribution in [2.24, 2.45) is 0 Å². The van der Waals surface area contributed by atoms with Gasteiger partial charge in [-0.1, -0.05) is 6.07 Å². The van der Waals surface area contributed by atoms with Crippen LogP contribution in [0.15, 0.2) is 36.7 Å². The number of aromatic nitrogens is 2. The fraction of sp³-hybridized carbons (Fsp3) is 0.333. The zero-order chi connectivity index (χ0) is 18.4. The monoisotopic (exact) mass is 361 g/mol. The van der Waals surface area contributed by atoms with E-state index in [2.05, 4.69) is 44.3 Å². The fourth-order valence-electron chi connectivity index (χ4n) is 4.04. The Kier molecular flexibility index (Phi) is 3.95. The molecule has 0 spiro atoms. The van der Waals surface area contributed by atoms with Gasteiger partial charge >= 0.3 is 0 Å². The molecule has 2 aliphatic rings. The maximum absolute atomic E-state index is 11.8. The van der Waals surface area contributed by atoms with Crippen LogP contribution >= 0.6 is 0 Å². The first-order valence-electron chi connectivity index (χ1n) is 9.46. The zero-order valence-electron chi connectivity index (χ0n) is 15.5. The molecule has 6 nitrogen and oxygen atoms in total. The van der Waals surface area contributed by atoms with E-state index in [1.165, 1.54) is 5.56 Å². The Morgan fingerprint density at radius 1 is 1.11 bits per heavy atom. The molecule has 0 bridgehead atoms. The van der Waals surface area contributed by atoms with Gasteiger partial charge < -0.3 is 15.2 Å². The highest BCUT2D eigenvalue weighted by atomic mass is 16.1. The van der Waals surface area contributed by atoms with Gasteiger partial charge in [-0.2, -0.15) is 0 Å². The van der Waals surface area contributed by atoms with Crippen molar-refractivity contribution in [1.29, 1.82) is 0 Å². The van der Waals surface area contributed by atoms with Crippen molar-refractivity contribution in [2.75, 3.05) is 33.2 Å². The summed E-state index contributed by atoms with van der Waals surface area (Å²) in [6, 6.07) is 8.32. The van der Waals surface area contributed by atoms with Crippen molar-refractivity contribution in [1.82, 2.24) is 25.1 Å². The van der Waals surface area contributed by atoms with E-state index in [0.29, 0.717) is 6.54 Å². The number of fused-ring (bicyclic) bond motifs is 2. The van der Waals surface area contributed by atoms with Crippen molar-refractivity contribution in [3.05, 3.63) is 53.3 Å². The van der Waals surface area contributed by atoms with E-state index in [1.54, 1.807) is 0 Å². The van der Waals surface area contributed by atoms with Gasteiger partial charge in [-0.05, 0) is 41.9 Å².